The average Bonchev–Trinajstić information content (AvgIpc) is 2.77. The van der Waals surface area contributed by atoms with E-state index >= 15 is 0 Å². The van der Waals surface area contributed by atoms with Crippen molar-refractivity contribution < 1.29 is 14.3 Å². The molecule has 1 N–H and O–H groups in total. The number of amides is 2. The van der Waals surface area contributed by atoms with Gasteiger partial charge in [0.15, 0.2) is 6.61 Å². The number of ether oxygens (including phenoxy) is 1. The Balaban J connectivity index is 1.60. The number of rotatable bonds is 5. The topological polar surface area (TPSA) is 58.6 Å². The lowest BCUT2D eigenvalue weighted by Gasteiger charge is -2.37. The number of nitrogens with zero attached hydrogens (tertiary/aromatic N) is 1. The molecule has 1 aliphatic heterocycles. The number of hydrogen-bond donors (Lipinski definition) is 1. The normalized spacial score (nSPS) is 15.2. The summed E-state index contributed by atoms with van der Waals surface area (Å²) in [6, 6.07) is 25.0. The Morgan fingerprint density at radius 3 is 2.50 bits per heavy atom. The highest BCUT2D eigenvalue weighted by atomic mass is 32.2. The second kappa shape index (κ2) is 9.05. The van der Waals surface area contributed by atoms with Gasteiger partial charge in [-0.2, -0.15) is 0 Å². The standard InChI is InChI=1S/C24H22N2O3S/c1-17(27)25-19-11-5-7-13-22(19)29-15-24(28)26-20-12-6-8-14-23(20)30-16-21(26)18-9-3-2-4-10-18/h2-14,21H,15-16H2,1H3,(H,25,27). The number of para-hydroxylation sites is 3. The van der Waals surface area contributed by atoms with E-state index in [1.54, 1.807) is 23.9 Å². The second-order valence-electron chi connectivity index (χ2n) is 6.93. The van der Waals surface area contributed by atoms with Gasteiger partial charge in [0.2, 0.25) is 5.91 Å². The smallest absolute Gasteiger partial charge is 0.265 e. The lowest BCUT2D eigenvalue weighted by molar-refractivity contribution is -0.121. The first-order valence-corrected chi connectivity index (χ1v) is 10.7. The van der Waals surface area contributed by atoms with Crippen molar-refractivity contribution in [2.45, 2.75) is 17.9 Å². The number of thioether (sulfide) groups is 1. The zero-order valence-electron chi connectivity index (χ0n) is 16.6. The molecule has 2 amide bonds. The highest BCUT2D eigenvalue weighted by molar-refractivity contribution is 7.99. The highest BCUT2D eigenvalue weighted by Gasteiger charge is 2.32. The zero-order valence-corrected chi connectivity index (χ0v) is 17.4. The van der Waals surface area contributed by atoms with Crippen LogP contribution < -0.4 is 15.0 Å². The average molecular weight is 419 g/mol. The summed E-state index contributed by atoms with van der Waals surface area (Å²) in [7, 11) is 0. The van der Waals surface area contributed by atoms with Gasteiger partial charge in [0, 0.05) is 17.6 Å². The van der Waals surface area contributed by atoms with Crippen molar-refractivity contribution in [2.75, 3.05) is 22.6 Å². The Hall–Kier alpha value is -3.25. The summed E-state index contributed by atoms with van der Waals surface area (Å²) in [6.45, 7) is 1.31. The van der Waals surface area contributed by atoms with Gasteiger partial charge in [0.25, 0.3) is 5.91 Å². The summed E-state index contributed by atoms with van der Waals surface area (Å²) in [6.07, 6.45) is 0. The molecule has 1 unspecified atom stereocenters. The molecule has 1 heterocycles. The van der Waals surface area contributed by atoms with Gasteiger partial charge < -0.3 is 10.1 Å². The van der Waals surface area contributed by atoms with Crippen molar-refractivity contribution in [3.63, 3.8) is 0 Å². The van der Waals surface area contributed by atoms with E-state index in [1.807, 2.05) is 71.6 Å². The first-order chi connectivity index (χ1) is 14.6. The molecule has 0 bridgehead atoms. The number of nitrogens with one attached hydrogen (secondary N) is 1. The van der Waals surface area contributed by atoms with Crippen LogP contribution in [0.4, 0.5) is 11.4 Å². The third kappa shape index (κ3) is 4.33. The van der Waals surface area contributed by atoms with Crippen LogP contribution in [0.25, 0.3) is 0 Å². The minimum atomic E-state index is -0.191. The van der Waals surface area contributed by atoms with Crippen LogP contribution >= 0.6 is 11.8 Å². The van der Waals surface area contributed by atoms with E-state index in [2.05, 4.69) is 5.32 Å². The summed E-state index contributed by atoms with van der Waals surface area (Å²) >= 11 is 1.75. The molecular weight excluding hydrogens is 396 g/mol. The SMILES string of the molecule is CC(=O)Nc1ccccc1OCC(=O)N1c2ccccc2SCC1c1ccccc1. The van der Waals surface area contributed by atoms with E-state index in [-0.39, 0.29) is 24.5 Å². The van der Waals surface area contributed by atoms with Gasteiger partial charge in [0.1, 0.15) is 5.75 Å². The third-order valence-corrected chi connectivity index (χ3v) is 5.97. The minimum Gasteiger partial charge on any atom is -0.482 e. The zero-order chi connectivity index (χ0) is 20.9. The molecule has 5 nitrogen and oxygen atoms in total. The maximum atomic E-state index is 13.4. The molecule has 3 aromatic carbocycles. The molecule has 0 saturated carbocycles. The highest BCUT2D eigenvalue weighted by Crippen LogP contribution is 2.43. The molecule has 0 spiro atoms. The van der Waals surface area contributed by atoms with Crippen molar-refractivity contribution in [1.29, 1.82) is 0 Å². The largest absolute Gasteiger partial charge is 0.482 e. The monoisotopic (exact) mass is 418 g/mol. The molecule has 1 aliphatic rings. The van der Waals surface area contributed by atoms with Gasteiger partial charge in [-0.15, -0.1) is 11.8 Å². The van der Waals surface area contributed by atoms with E-state index in [4.69, 9.17) is 4.74 Å². The Bertz CT molecular complexity index is 1060. The molecule has 0 aliphatic carbocycles. The molecule has 3 aromatic rings. The lowest BCUT2D eigenvalue weighted by Crippen LogP contribution is -2.41. The van der Waals surface area contributed by atoms with Crippen LogP contribution in [0.3, 0.4) is 0 Å². The molecule has 4 rings (SSSR count). The van der Waals surface area contributed by atoms with Gasteiger partial charge in [-0.3, -0.25) is 14.5 Å². The van der Waals surface area contributed by atoms with E-state index in [1.165, 1.54) is 6.92 Å². The van der Waals surface area contributed by atoms with Gasteiger partial charge in [-0.25, -0.2) is 0 Å². The van der Waals surface area contributed by atoms with Crippen molar-refractivity contribution >= 4 is 35.0 Å². The van der Waals surface area contributed by atoms with E-state index in [9.17, 15) is 9.59 Å². The first kappa shape index (κ1) is 20.0. The predicted octanol–water partition coefficient (Wildman–Crippen LogP) is 4.90. The first-order valence-electron chi connectivity index (χ1n) is 9.72. The summed E-state index contributed by atoms with van der Waals surface area (Å²) in [5.41, 5.74) is 2.53. The molecule has 152 valence electrons. The molecule has 0 fully saturated rings. The summed E-state index contributed by atoms with van der Waals surface area (Å²) < 4.78 is 5.84. The molecule has 0 saturated heterocycles. The molecule has 6 heteroatoms. The number of anilines is 2. The van der Waals surface area contributed by atoms with E-state index < -0.39 is 0 Å². The summed E-state index contributed by atoms with van der Waals surface area (Å²) in [5, 5.41) is 2.73. The van der Waals surface area contributed by atoms with E-state index in [0.29, 0.717) is 11.4 Å². The second-order valence-corrected chi connectivity index (χ2v) is 8.00. The fourth-order valence-electron chi connectivity index (χ4n) is 3.51. The third-order valence-electron chi connectivity index (χ3n) is 4.84. The number of carbonyl (C=O) groups excluding carboxylic acids is 2. The van der Waals surface area contributed by atoms with Crippen LogP contribution in [0.1, 0.15) is 18.5 Å². The molecular formula is C24H22N2O3S. The van der Waals surface area contributed by atoms with Crippen molar-refractivity contribution in [1.82, 2.24) is 0 Å². The van der Waals surface area contributed by atoms with Gasteiger partial charge in [-0.1, -0.05) is 54.6 Å². The van der Waals surface area contributed by atoms with Crippen molar-refractivity contribution in [2.24, 2.45) is 0 Å². The lowest BCUT2D eigenvalue weighted by atomic mass is 10.1. The van der Waals surface area contributed by atoms with Gasteiger partial charge in [-0.05, 0) is 29.8 Å². The number of fused-ring (bicyclic) bond motifs is 1. The Morgan fingerprint density at radius 2 is 1.70 bits per heavy atom. The fourth-order valence-corrected chi connectivity index (χ4v) is 4.68. The van der Waals surface area contributed by atoms with Gasteiger partial charge >= 0.3 is 0 Å². The number of benzene rings is 3. The van der Waals surface area contributed by atoms with Crippen molar-refractivity contribution in [3.05, 3.63) is 84.4 Å². The maximum absolute atomic E-state index is 13.4. The maximum Gasteiger partial charge on any atom is 0.265 e. The van der Waals surface area contributed by atoms with Crippen LogP contribution in [-0.2, 0) is 9.59 Å². The van der Waals surface area contributed by atoms with E-state index in [0.717, 1.165) is 21.9 Å². The quantitative estimate of drug-likeness (QED) is 0.640. The number of carbonyl (C=O) groups is 2. The van der Waals surface area contributed by atoms with Crippen LogP contribution in [0, 0.1) is 0 Å². The fraction of sp³-hybridized carbons (Fsp3) is 0.167. The Kier molecular flexibility index (Phi) is 6.05. The van der Waals surface area contributed by atoms with Crippen LogP contribution in [0.15, 0.2) is 83.8 Å². The minimum absolute atomic E-state index is 0.0761. The molecule has 0 radical (unpaired) electrons. The molecule has 0 aromatic heterocycles. The predicted molar refractivity (Wildman–Crippen MR) is 120 cm³/mol. The van der Waals surface area contributed by atoms with Crippen LogP contribution in [0.2, 0.25) is 0 Å². The summed E-state index contributed by atoms with van der Waals surface area (Å²) in [5.74, 6) is 0.921. The van der Waals surface area contributed by atoms with Gasteiger partial charge in [0.05, 0.1) is 17.4 Å². The molecule has 30 heavy (non-hydrogen) atoms. The Morgan fingerprint density at radius 1 is 1.00 bits per heavy atom. The van der Waals surface area contributed by atoms with Crippen LogP contribution in [-0.4, -0.2) is 24.2 Å². The van der Waals surface area contributed by atoms with Crippen molar-refractivity contribution in [3.8, 4) is 5.75 Å². The number of hydrogen-bond acceptors (Lipinski definition) is 4. The Labute approximate surface area is 180 Å². The van der Waals surface area contributed by atoms with Crippen LogP contribution in [0.5, 0.6) is 5.75 Å². The molecule has 1 atom stereocenters. The summed E-state index contributed by atoms with van der Waals surface area (Å²) in [4.78, 5) is 27.7.